The second kappa shape index (κ2) is 3.84. The molecule has 0 saturated carbocycles. The molecule has 0 aliphatic carbocycles. The molecule has 2 aliphatic rings. The van der Waals surface area contributed by atoms with Crippen LogP contribution in [0.4, 0.5) is 5.69 Å². The Labute approximate surface area is 111 Å². The molecule has 4 rings (SSSR count). The summed E-state index contributed by atoms with van der Waals surface area (Å²) < 4.78 is 10.7. The van der Waals surface area contributed by atoms with Gasteiger partial charge >= 0.3 is 0 Å². The first-order valence-electron chi connectivity index (χ1n) is 6.55. The van der Waals surface area contributed by atoms with E-state index in [2.05, 4.69) is 28.1 Å². The maximum atomic E-state index is 5.41. The quantitative estimate of drug-likeness (QED) is 0.824. The van der Waals surface area contributed by atoms with E-state index in [1.54, 1.807) is 13.3 Å². The molecule has 2 aliphatic heterocycles. The Morgan fingerprint density at radius 1 is 1.26 bits per heavy atom. The van der Waals surface area contributed by atoms with Gasteiger partial charge in [-0.05, 0) is 24.3 Å². The van der Waals surface area contributed by atoms with Gasteiger partial charge in [-0.25, -0.2) is 0 Å². The summed E-state index contributed by atoms with van der Waals surface area (Å²) in [5, 5.41) is 1.08. The van der Waals surface area contributed by atoms with Crippen LogP contribution in [0.1, 0.15) is 0 Å². The number of fused-ring (bicyclic) bond motifs is 1. The van der Waals surface area contributed by atoms with Gasteiger partial charge in [-0.15, -0.1) is 0 Å². The Morgan fingerprint density at radius 3 is 2.79 bits per heavy atom. The van der Waals surface area contributed by atoms with E-state index in [9.17, 15) is 0 Å². The summed E-state index contributed by atoms with van der Waals surface area (Å²) in [7, 11) is 1.70. The average molecular weight is 256 g/mol. The molecule has 4 nitrogen and oxygen atoms in total. The van der Waals surface area contributed by atoms with E-state index in [4.69, 9.17) is 9.47 Å². The maximum absolute atomic E-state index is 5.41. The van der Waals surface area contributed by atoms with Gasteiger partial charge in [0.1, 0.15) is 5.75 Å². The molecule has 0 amide bonds. The zero-order chi connectivity index (χ0) is 12.9. The number of nitrogens with zero attached hydrogens (tertiary/aromatic N) is 2. The zero-order valence-electron chi connectivity index (χ0n) is 10.9. The second-order valence-electron chi connectivity index (χ2n) is 5.56. The molecule has 2 aromatic rings. The largest absolute Gasteiger partial charge is 0.496 e. The minimum atomic E-state index is 0.438. The van der Waals surface area contributed by atoms with Gasteiger partial charge in [0.15, 0.2) is 0 Å². The fraction of sp³-hybridized carbons (Fsp3) is 0.400. The van der Waals surface area contributed by atoms with Gasteiger partial charge in [-0.3, -0.25) is 4.98 Å². The SMILES string of the molecule is COc1ccnc2ccc(N3CC4(COC4)C3)cc12. The summed E-state index contributed by atoms with van der Waals surface area (Å²) in [6.45, 7) is 4.03. The maximum Gasteiger partial charge on any atom is 0.129 e. The summed E-state index contributed by atoms with van der Waals surface area (Å²) in [5.41, 5.74) is 2.66. The number of benzene rings is 1. The monoisotopic (exact) mass is 256 g/mol. The number of rotatable bonds is 2. The smallest absolute Gasteiger partial charge is 0.129 e. The first-order valence-corrected chi connectivity index (χ1v) is 6.55. The normalized spacial score (nSPS) is 20.2. The molecule has 0 bridgehead atoms. The number of hydrogen-bond acceptors (Lipinski definition) is 4. The van der Waals surface area contributed by atoms with Crippen LogP contribution in [0, 0.1) is 5.41 Å². The van der Waals surface area contributed by atoms with Crippen molar-refractivity contribution in [2.75, 3.05) is 38.3 Å². The van der Waals surface area contributed by atoms with Crippen LogP contribution in [-0.4, -0.2) is 38.4 Å². The Morgan fingerprint density at radius 2 is 2.11 bits per heavy atom. The number of pyridine rings is 1. The molecule has 0 radical (unpaired) electrons. The van der Waals surface area contributed by atoms with Gasteiger partial charge in [-0.1, -0.05) is 0 Å². The third-order valence-corrected chi connectivity index (χ3v) is 4.14. The van der Waals surface area contributed by atoms with Crippen molar-refractivity contribution in [1.29, 1.82) is 0 Å². The van der Waals surface area contributed by atoms with E-state index in [1.807, 2.05) is 6.07 Å². The molecule has 0 atom stereocenters. The van der Waals surface area contributed by atoms with Crippen LogP contribution < -0.4 is 9.64 Å². The molecule has 0 N–H and O–H groups in total. The standard InChI is InChI=1S/C15H16N2O2/c1-18-14-4-5-16-13-3-2-11(6-12(13)14)17-7-15(8-17)9-19-10-15/h2-6H,7-10H2,1H3. The minimum absolute atomic E-state index is 0.438. The van der Waals surface area contributed by atoms with E-state index in [-0.39, 0.29) is 0 Å². The van der Waals surface area contributed by atoms with Crippen molar-refractivity contribution in [3.05, 3.63) is 30.5 Å². The molecule has 3 heterocycles. The molecule has 1 aromatic carbocycles. The van der Waals surface area contributed by atoms with Crippen molar-refractivity contribution in [3.8, 4) is 5.75 Å². The molecule has 1 spiro atoms. The van der Waals surface area contributed by atoms with Crippen LogP contribution >= 0.6 is 0 Å². The fourth-order valence-corrected chi connectivity index (χ4v) is 3.00. The minimum Gasteiger partial charge on any atom is -0.496 e. The predicted octanol–water partition coefficient (Wildman–Crippen LogP) is 2.08. The summed E-state index contributed by atoms with van der Waals surface area (Å²) in [6.07, 6.45) is 1.78. The lowest BCUT2D eigenvalue weighted by atomic mass is 9.78. The molecule has 2 fully saturated rings. The van der Waals surface area contributed by atoms with Crippen molar-refractivity contribution < 1.29 is 9.47 Å². The summed E-state index contributed by atoms with van der Waals surface area (Å²) in [5.74, 6) is 0.883. The van der Waals surface area contributed by atoms with Crippen molar-refractivity contribution in [1.82, 2.24) is 4.98 Å². The topological polar surface area (TPSA) is 34.6 Å². The lowest BCUT2D eigenvalue weighted by Crippen LogP contribution is -2.66. The highest BCUT2D eigenvalue weighted by molar-refractivity contribution is 5.88. The van der Waals surface area contributed by atoms with Gasteiger partial charge in [0.2, 0.25) is 0 Å². The number of aromatic nitrogens is 1. The van der Waals surface area contributed by atoms with Gasteiger partial charge in [0.25, 0.3) is 0 Å². The van der Waals surface area contributed by atoms with Crippen molar-refractivity contribution >= 4 is 16.6 Å². The van der Waals surface area contributed by atoms with Crippen molar-refractivity contribution in [3.63, 3.8) is 0 Å². The summed E-state index contributed by atoms with van der Waals surface area (Å²) >= 11 is 0. The first kappa shape index (κ1) is 11.1. The molecule has 0 unspecified atom stereocenters. The lowest BCUT2D eigenvalue weighted by Gasteiger charge is -2.56. The van der Waals surface area contributed by atoms with Gasteiger partial charge < -0.3 is 14.4 Å². The van der Waals surface area contributed by atoms with Gasteiger partial charge in [0.05, 0.1) is 31.3 Å². The van der Waals surface area contributed by atoms with Crippen LogP contribution in [-0.2, 0) is 4.74 Å². The van der Waals surface area contributed by atoms with E-state index in [0.29, 0.717) is 5.41 Å². The van der Waals surface area contributed by atoms with Crippen molar-refractivity contribution in [2.45, 2.75) is 0 Å². The number of hydrogen-bond donors (Lipinski definition) is 0. The highest BCUT2D eigenvalue weighted by Gasteiger charge is 2.49. The molecule has 19 heavy (non-hydrogen) atoms. The van der Waals surface area contributed by atoms with Crippen LogP contribution in [0.25, 0.3) is 10.9 Å². The van der Waals surface area contributed by atoms with Crippen LogP contribution in [0.5, 0.6) is 5.75 Å². The van der Waals surface area contributed by atoms with Crippen LogP contribution in [0.2, 0.25) is 0 Å². The third-order valence-electron chi connectivity index (χ3n) is 4.14. The van der Waals surface area contributed by atoms with Gasteiger partial charge in [0, 0.05) is 30.4 Å². The highest BCUT2D eigenvalue weighted by atomic mass is 16.5. The average Bonchev–Trinajstić information content (AvgIpc) is 2.34. The fourth-order valence-electron chi connectivity index (χ4n) is 3.00. The second-order valence-corrected chi connectivity index (χ2v) is 5.56. The lowest BCUT2D eigenvalue weighted by molar-refractivity contribution is -0.127. The Bertz CT molecular complexity index is 629. The van der Waals surface area contributed by atoms with E-state index >= 15 is 0 Å². The summed E-state index contributed by atoms with van der Waals surface area (Å²) in [4.78, 5) is 6.77. The Balaban J connectivity index is 1.68. The number of methoxy groups -OCH3 is 1. The first-order chi connectivity index (χ1) is 9.30. The molecular formula is C15H16N2O2. The van der Waals surface area contributed by atoms with Crippen molar-refractivity contribution in [2.24, 2.45) is 5.41 Å². The molecule has 1 aromatic heterocycles. The highest BCUT2D eigenvalue weighted by Crippen LogP contribution is 2.41. The zero-order valence-corrected chi connectivity index (χ0v) is 10.9. The van der Waals surface area contributed by atoms with E-state index < -0.39 is 0 Å². The third kappa shape index (κ3) is 1.60. The van der Waals surface area contributed by atoms with E-state index in [0.717, 1.165) is 43.0 Å². The molecule has 2 saturated heterocycles. The molecule has 4 heteroatoms. The van der Waals surface area contributed by atoms with Crippen LogP contribution in [0.15, 0.2) is 30.5 Å². The number of ether oxygens (including phenoxy) is 2. The summed E-state index contributed by atoms with van der Waals surface area (Å²) in [6, 6.07) is 8.29. The molecule has 98 valence electrons. The van der Waals surface area contributed by atoms with Crippen LogP contribution in [0.3, 0.4) is 0 Å². The number of anilines is 1. The Hall–Kier alpha value is -1.81. The Kier molecular flexibility index (Phi) is 2.23. The van der Waals surface area contributed by atoms with Gasteiger partial charge in [-0.2, -0.15) is 0 Å². The predicted molar refractivity (Wildman–Crippen MR) is 73.8 cm³/mol. The molecular weight excluding hydrogens is 240 g/mol. The van der Waals surface area contributed by atoms with E-state index in [1.165, 1.54) is 5.69 Å².